The van der Waals surface area contributed by atoms with E-state index in [9.17, 15) is 4.79 Å². The van der Waals surface area contributed by atoms with E-state index in [1.807, 2.05) is 30.3 Å². The lowest BCUT2D eigenvalue weighted by Gasteiger charge is -2.14. The van der Waals surface area contributed by atoms with Crippen LogP contribution in [0.5, 0.6) is 0 Å². The quantitative estimate of drug-likeness (QED) is 0.602. The third-order valence-electron chi connectivity index (χ3n) is 3.73. The van der Waals surface area contributed by atoms with Crippen LogP contribution in [0.15, 0.2) is 54.6 Å². The molecule has 3 rings (SSSR count). The Morgan fingerprint density at radius 2 is 1.79 bits per heavy atom. The number of amides is 1. The van der Waals surface area contributed by atoms with Gasteiger partial charge in [0.05, 0.1) is 6.04 Å². The predicted molar refractivity (Wildman–Crippen MR) is 89.6 cm³/mol. The second-order valence-electron chi connectivity index (χ2n) is 5.43. The Morgan fingerprint density at radius 1 is 1.08 bits per heavy atom. The molecule has 7 heteroatoms. The van der Waals surface area contributed by atoms with Crippen molar-refractivity contribution in [2.45, 2.75) is 19.0 Å². The predicted octanol–water partition coefficient (Wildman–Crippen LogP) is 1.05. The molecule has 0 saturated heterocycles. The van der Waals surface area contributed by atoms with Crippen molar-refractivity contribution in [2.75, 3.05) is 0 Å². The fourth-order valence-electron chi connectivity index (χ4n) is 2.41. The number of nitrogens with zero attached hydrogens (tertiary/aromatic N) is 3. The van der Waals surface area contributed by atoms with E-state index in [0.717, 1.165) is 11.1 Å². The molecule has 122 valence electrons. The zero-order chi connectivity index (χ0) is 16.8. The molecule has 1 atom stereocenters. The number of carbonyl (C=O) groups excluding carboxylic acids is 1. The van der Waals surface area contributed by atoms with Gasteiger partial charge in [-0.3, -0.25) is 4.79 Å². The lowest BCUT2D eigenvalue weighted by molar-refractivity contribution is -0.120. The number of hydrogen-bond donors (Lipinski definition) is 3. The highest BCUT2D eigenvalue weighted by Gasteiger charge is 2.17. The van der Waals surface area contributed by atoms with Gasteiger partial charge >= 0.3 is 0 Å². The number of carbonyl (C=O) groups is 1. The third kappa shape index (κ3) is 4.02. The number of nitrogens with two attached hydrogens (primary N) is 1. The highest BCUT2D eigenvalue weighted by molar-refractivity contribution is 5.80. The summed E-state index contributed by atoms with van der Waals surface area (Å²) in [4.78, 5) is 11.6. The molecule has 0 spiro atoms. The molecule has 7 nitrogen and oxygen atoms in total. The topological polar surface area (TPSA) is 110 Å². The van der Waals surface area contributed by atoms with E-state index in [1.54, 1.807) is 0 Å². The maximum Gasteiger partial charge on any atom is 0.235 e. The van der Waals surface area contributed by atoms with Gasteiger partial charge in [-0.05, 0) is 16.7 Å². The van der Waals surface area contributed by atoms with Gasteiger partial charge in [-0.2, -0.15) is 5.21 Å². The van der Waals surface area contributed by atoms with Crippen LogP contribution in [0.1, 0.15) is 11.4 Å². The number of rotatable bonds is 7. The van der Waals surface area contributed by atoms with Gasteiger partial charge in [-0.1, -0.05) is 59.8 Å². The zero-order valence-corrected chi connectivity index (χ0v) is 13.0. The first-order chi connectivity index (χ1) is 11.7. The summed E-state index contributed by atoms with van der Waals surface area (Å²) < 4.78 is 0. The van der Waals surface area contributed by atoms with Crippen molar-refractivity contribution in [3.8, 4) is 11.1 Å². The van der Waals surface area contributed by atoms with E-state index >= 15 is 0 Å². The van der Waals surface area contributed by atoms with Crippen molar-refractivity contribution in [2.24, 2.45) is 5.73 Å². The number of hydrogen-bond acceptors (Lipinski definition) is 5. The van der Waals surface area contributed by atoms with Crippen LogP contribution in [0.4, 0.5) is 0 Å². The van der Waals surface area contributed by atoms with E-state index < -0.39 is 11.9 Å². The Balaban J connectivity index is 1.62. The van der Waals surface area contributed by atoms with Crippen LogP contribution in [-0.2, 0) is 17.8 Å². The summed E-state index contributed by atoms with van der Waals surface area (Å²) in [5, 5.41) is 16.7. The van der Waals surface area contributed by atoms with Gasteiger partial charge in [0.1, 0.15) is 0 Å². The average Bonchev–Trinajstić information content (AvgIpc) is 3.13. The first-order valence-corrected chi connectivity index (χ1v) is 7.62. The van der Waals surface area contributed by atoms with Crippen LogP contribution in [0.2, 0.25) is 0 Å². The molecule has 0 radical (unpaired) electrons. The molecule has 0 saturated carbocycles. The van der Waals surface area contributed by atoms with Crippen LogP contribution >= 0.6 is 0 Å². The average molecular weight is 322 g/mol. The Labute approximate surface area is 139 Å². The number of aromatic amines is 1. The first kappa shape index (κ1) is 15.8. The summed E-state index contributed by atoms with van der Waals surface area (Å²) in [6, 6.07) is 17.8. The molecular weight excluding hydrogens is 304 g/mol. The van der Waals surface area contributed by atoms with E-state index in [1.165, 1.54) is 5.56 Å². The summed E-state index contributed by atoms with van der Waals surface area (Å²) in [6.07, 6.45) is 0.300. The van der Waals surface area contributed by atoms with E-state index in [4.69, 9.17) is 5.73 Å². The summed E-state index contributed by atoms with van der Waals surface area (Å²) >= 11 is 0. The largest absolute Gasteiger partial charge is 0.368 e. The molecular formula is C17H18N6O. The molecule has 0 fully saturated rings. The smallest absolute Gasteiger partial charge is 0.235 e. The Bertz CT molecular complexity index is 771. The minimum atomic E-state index is -0.545. The first-order valence-electron chi connectivity index (χ1n) is 7.62. The Morgan fingerprint density at radius 3 is 2.42 bits per heavy atom. The van der Waals surface area contributed by atoms with Crippen molar-refractivity contribution in [1.29, 1.82) is 0 Å². The number of benzene rings is 2. The zero-order valence-electron chi connectivity index (χ0n) is 13.0. The minimum Gasteiger partial charge on any atom is -0.368 e. The molecule has 1 heterocycles. The highest BCUT2D eigenvalue weighted by atomic mass is 16.1. The van der Waals surface area contributed by atoms with Crippen LogP contribution < -0.4 is 11.1 Å². The van der Waals surface area contributed by atoms with Gasteiger partial charge in [0.15, 0.2) is 5.82 Å². The fourth-order valence-corrected chi connectivity index (χ4v) is 2.41. The SMILES string of the molecule is NC(=O)C(Cc1nn[nH]n1)NCc1ccc(-c2ccccc2)cc1. The summed E-state index contributed by atoms with van der Waals surface area (Å²) in [5.41, 5.74) is 8.81. The van der Waals surface area contributed by atoms with Gasteiger partial charge in [0, 0.05) is 13.0 Å². The summed E-state index contributed by atoms with van der Waals surface area (Å²) in [7, 11) is 0. The number of primary amides is 1. The van der Waals surface area contributed by atoms with Crippen molar-refractivity contribution in [3.63, 3.8) is 0 Å². The molecule has 0 aliphatic carbocycles. The van der Waals surface area contributed by atoms with Crippen LogP contribution in [-0.4, -0.2) is 32.6 Å². The Hall–Kier alpha value is -3.06. The molecule has 1 amide bonds. The van der Waals surface area contributed by atoms with Crippen LogP contribution in [0.3, 0.4) is 0 Å². The van der Waals surface area contributed by atoms with Gasteiger partial charge in [-0.25, -0.2) is 0 Å². The lowest BCUT2D eigenvalue weighted by Crippen LogP contribution is -2.42. The van der Waals surface area contributed by atoms with Gasteiger partial charge in [0.25, 0.3) is 0 Å². The molecule has 24 heavy (non-hydrogen) atoms. The van der Waals surface area contributed by atoms with E-state index in [-0.39, 0.29) is 0 Å². The molecule has 1 unspecified atom stereocenters. The molecule has 0 bridgehead atoms. The molecule has 1 aromatic heterocycles. The second-order valence-corrected chi connectivity index (χ2v) is 5.43. The van der Waals surface area contributed by atoms with Crippen LogP contribution in [0.25, 0.3) is 11.1 Å². The molecule has 3 aromatic rings. The highest BCUT2D eigenvalue weighted by Crippen LogP contribution is 2.19. The normalized spacial score (nSPS) is 12.0. The second kappa shape index (κ2) is 7.47. The van der Waals surface area contributed by atoms with Gasteiger partial charge in [-0.15, -0.1) is 10.2 Å². The molecule has 2 aromatic carbocycles. The van der Waals surface area contributed by atoms with E-state index in [0.29, 0.717) is 18.8 Å². The number of aromatic nitrogens is 4. The Kier molecular flexibility index (Phi) is 4.93. The molecule has 0 aliphatic heterocycles. The fraction of sp³-hybridized carbons (Fsp3) is 0.176. The number of H-pyrrole nitrogens is 1. The van der Waals surface area contributed by atoms with E-state index in [2.05, 4.69) is 50.2 Å². The summed E-state index contributed by atoms with van der Waals surface area (Å²) in [6.45, 7) is 0.528. The number of nitrogens with one attached hydrogen (secondary N) is 2. The van der Waals surface area contributed by atoms with Crippen molar-refractivity contribution in [1.82, 2.24) is 25.9 Å². The molecule has 0 aliphatic rings. The maximum atomic E-state index is 11.6. The maximum absolute atomic E-state index is 11.6. The summed E-state index contributed by atoms with van der Waals surface area (Å²) in [5.74, 6) is 0.00595. The van der Waals surface area contributed by atoms with Gasteiger partial charge in [0.2, 0.25) is 5.91 Å². The van der Waals surface area contributed by atoms with Crippen molar-refractivity contribution in [3.05, 3.63) is 66.0 Å². The number of tetrazole rings is 1. The standard InChI is InChI=1S/C17H18N6O/c18-17(24)15(10-16-20-22-23-21-16)19-11-12-6-8-14(9-7-12)13-4-2-1-3-5-13/h1-9,15,19H,10-11H2,(H2,18,24)(H,20,21,22,23). The monoisotopic (exact) mass is 322 g/mol. The van der Waals surface area contributed by atoms with Crippen molar-refractivity contribution < 1.29 is 4.79 Å². The van der Waals surface area contributed by atoms with Crippen molar-refractivity contribution >= 4 is 5.91 Å². The minimum absolute atomic E-state index is 0.300. The molecule has 4 N–H and O–H groups in total. The van der Waals surface area contributed by atoms with Crippen LogP contribution in [0, 0.1) is 0 Å². The third-order valence-corrected chi connectivity index (χ3v) is 3.73. The lowest BCUT2D eigenvalue weighted by atomic mass is 10.0. The van der Waals surface area contributed by atoms with Gasteiger partial charge < -0.3 is 11.1 Å².